The van der Waals surface area contributed by atoms with E-state index in [1.54, 1.807) is 19.3 Å². The highest BCUT2D eigenvalue weighted by molar-refractivity contribution is 5.97. The number of furan rings is 1. The summed E-state index contributed by atoms with van der Waals surface area (Å²) in [4.78, 5) is 12.0. The first-order chi connectivity index (χ1) is 9.75. The SMILES string of the molecule is CC(=NNC(=O)C1CC1c1ccccc1)c1ccco1. The van der Waals surface area contributed by atoms with Crippen molar-refractivity contribution in [3.63, 3.8) is 0 Å². The zero-order valence-electron chi connectivity index (χ0n) is 11.2. The van der Waals surface area contributed by atoms with Gasteiger partial charge >= 0.3 is 0 Å². The molecule has 1 N–H and O–H groups in total. The molecule has 1 fully saturated rings. The molecule has 1 aliphatic rings. The Hall–Kier alpha value is -2.36. The summed E-state index contributed by atoms with van der Waals surface area (Å²) in [7, 11) is 0. The molecule has 1 aromatic heterocycles. The van der Waals surface area contributed by atoms with Crippen LogP contribution in [0.4, 0.5) is 0 Å². The molecule has 0 bridgehead atoms. The Kier molecular flexibility index (Phi) is 3.37. The number of hydrogen-bond donors (Lipinski definition) is 1. The highest BCUT2D eigenvalue weighted by Gasteiger charge is 2.43. The average Bonchev–Trinajstić information content (AvgIpc) is 3.10. The molecule has 1 saturated carbocycles. The topological polar surface area (TPSA) is 54.6 Å². The Morgan fingerprint density at radius 3 is 2.75 bits per heavy atom. The fraction of sp³-hybridized carbons (Fsp3) is 0.250. The second kappa shape index (κ2) is 5.33. The molecular formula is C16H16N2O2. The van der Waals surface area contributed by atoms with Crippen LogP contribution < -0.4 is 5.43 Å². The summed E-state index contributed by atoms with van der Waals surface area (Å²) in [5, 5.41) is 4.08. The molecule has 1 aromatic carbocycles. The average molecular weight is 268 g/mol. The number of carbonyl (C=O) groups excluding carboxylic acids is 1. The Morgan fingerprint density at radius 1 is 1.25 bits per heavy atom. The van der Waals surface area contributed by atoms with Gasteiger partial charge in [0.05, 0.1) is 6.26 Å². The molecule has 2 atom stereocenters. The quantitative estimate of drug-likeness (QED) is 0.684. The molecule has 4 nitrogen and oxygen atoms in total. The molecule has 2 unspecified atom stereocenters. The van der Waals surface area contributed by atoms with Gasteiger partial charge in [-0.1, -0.05) is 30.3 Å². The molecular weight excluding hydrogens is 252 g/mol. The van der Waals surface area contributed by atoms with E-state index in [2.05, 4.69) is 22.7 Å². The van der Waals surface area contributed by atoms with Crippen LogP contribution in [0.5, 0.6) is 0 Å². The van der Waals surface area contributed by atoms with Crippen molar-refractivity contribution in [1.82, 2.24) is 5.43 Å². The standard InChI is InChI=1S/C16H16N2O2/c1-11(15-8-5-9-20-15)17-18-16(19)14-10-13(14)12-6-3-2-4-7-12/h2-9,13-14H,10H2,1H3,(H,18,19). The maximum Gasteiger partial charge on any atom is 0.243 e. The Labute approximate surface area is 117 Å². The number of nitrogens with zero attached hydrogens (tertiary/aromatic N) is 1. The van der Waals surface area contributed by atoms with E-state index in [0.29, 0.717) is 17.4 Å². The van der Waals surface area contributed by atoms with Gasteiger partial charge in [0.15, 0.2) is 0 Å². The lowest BCUT2D eigenvalue weighted by molar-refractivity contribution is -0.122. The molecule has 0 spiro atoms. The van der Waals surface area contributed by atoms with E-state index < -0.39 is 0 Å². The maximum absolute atomic E-state index is 12.0. The van der Waals surface area contributed by atoms with Crippen LogP contribution in [0.25, 0.3) is 0 Å². The number of hydrazone groups is 1. The largest absolute Gasteiger partial charge is 0.463 e. The first kappa shape index (κ1) is 12.7. The van der Waals surface area contributed by atoms with Gasteiger partial charge in [0.1, 0.15) is 11.5 Å². The number of carbonyl (C=O) groups is 1. The lowest BCUT2D eigenvalue weighted by Gasteiger charge is -2.01. The van der Waals surface area contributed by atoms with Gasteiger partial charge in [0, 0.05) is 5.92 Å². The lowest BCUT2D eigenvalue weighted by Crippen LogP contribution is -2.21. The van der Waals surface area contributed by atoms with Gasteiger partial charge in [-0.25, -0.2) is 5.43 Å². The normalized spacial score (nSPS) is 21.6. The summed E-state index contributed by atoms with van der Waals surface area (Å²) in [5.74, 6) is 1.01. The molecule has 1 amide bonds. The van der Waals surface area contributed by atoms with Crippen LogP contribution in [0.15, 0.2) is 58.2 Å². The third-order valence-electron chi connectivity index (χ3n) is 3.57. The second-order valence-electron chi connectivity index (χ2n) is 5.01. The Bertz CT molecular complexity index is 617. The third-order valence-corrected chi connectivity index (χ3v) is 3.57. The fourth-order valence-electron chi connectivity index (χ4n) is 2.31. The molecule has 2 aromatic rings. The number of benzene rings is 1. The molecule has 0 saturated heterocycles. The van der Waals surface area contributed by atoms with Gasteiger partial charge in [-0.2, -0.15) is 5.10 Å². The van der Waals surface area contributed by atoms with Crippen LogP contribution in [0.2, 0.25) is 0 Å². The summed E-state index contributed by atoms with van der Waals surface area (Å²) in [6.45, 7) is 1.81. The highest BCUT2D eigenvalue weighted by atomic mass is 16.3. The van der Waals surface area contributed by atoms with Gasteiger partial charge in [-0.3, -0.25) is 4.79 Å². The zero-order valence-corrected chi connectivity index (χ0v) is 11.2. The van der Waals surface area contributed by atoms with E-state index in [1.807, 2.05) is 24.3 Å². The van der Waals surface area contributed by atoms with Crippen LogP contribution in [-0.2, 0) is 4.79 Å². The minimum atomic E-state index is -0.0234. The predicted octanol–water partition coefficient (Wildman–Crippen LogP) is 2.92. The highest BCUT2D eigenvalue weighted by Crippen LogP contribution is 2.47. The predicted molar refractivity (Wildman–Crippen MR) is 76.4 cm³/mol. The molecule has 1 heterocycles. The number of nitrogens with one attached hydrogen (secondary N) is 1. The van der Waals surface area contributed by atoms with E-state index in [0.717, 1.165) is 6.42 Å². The van der Waals surface area contributed by atoms with Crippen molar-refractivity contribution in [3.05, 3.63) is 60.1 Å². The van der Waals surface area contributed by atoms with E-state index in [-0.39, 0.29) is 11.8 Å². The summed E-state index contributed by atoms with van der Waals surface area (Å²) in [6, 6.07) is 13.7. The molecule has 102 valence electrons. The van der Waals surface area contributed by atoms with Gasteiger partial charge in [-0.05, 0) is 37.0 Å². The van der Waals surface area contributed by atoms with Crippen LogP contribution in [-0.4, -0.2) is 11.6 Å². The van der Waals surface area contributed by atoms with E-state index in [1.165, 1.54) is 5.56 Å². The summed E-state index contributed by atoms with van der Waals surface area (Å²) in [5.41, 5.74) is 4.51. The summed E-state index contributed by atoms with van der Waals surface area (Å²) < 4.78 is 5.21. The monoisotopic (exact) mass is 268 g/mol. The van der Waals surface area contributed by atoms with Crippen molar-refractivity contribution in [2.45, 2.75) is 19.3 Å². The molecule has 3 rings (SSSR count). The van der Waals surface area contributed by atoms with Crippen molar-refractivity contribution >= 4 is 11.6 Å². The molecule has 0 radical (unpaired) electrons. The summed E-state index contributed by atoms with van der Waals surface area (Å²) in [6.07, 6.45) is 2.48. The van der Waals surface area contributed by atoms with Crippen LogP contribution in [0.1, 0.15) is 30.6 Å². The van der Waals surface area contributed by atoms with E-state index >= 15 is 0 Å². The van der Waals surface area contributed by atoms with Crippen molar-refractivity contribution in [3.8, 4) is 0 Å². The summed E-state index contributed by atoms with van der Waals surface area (Å²) >= 11 is 0. The maximum atomic E-state index is 12.0. The van der Waals surface area contributed by atoms with Crippen LogP contribution in [0.3, 0.4) is 0 Å². The molecule has 20 heavy (non-hydrogen) atoms. The molecule has 0 aliphatic heterocycles. The number of amides is 1. The van der Waals surface area contributed by atoms with E-state index in [4.69, 9.17) is 4.42 Å². The van der Waals surface area contributed by atoms with Gasteiger partial charge < -0.3 is 4.42 Å². The van der Waals surface area contributed by atoms with Crippen molar-refractivity contribution in [1.29, 1.82) is 0 Å². The van der Waals surface area contributed by atoms with Gasteiger partial charge in [0.25, 0.3) is 0 Å². The first-order valence-electron chi connectivity index (χ1n) is 6.68. The fourth-order valence-corrected chi connectivity index (χ4v) is 2.31. The van der Waals surface area contributed by atoms with Crippen LogP contribution in [0, 0.1) is 5.92 Å². The smallest absolute Gasteiger partial charge is 0.243 e. The Balaban J connectivity index is 1.58. The molecule has 1 aliphatic carbocycles. The van der Waals surface area contributed by atoms with Crippen LogP contribution >= 0.6 is 0 Å². The van der Waals surface area contributed by atoms with Crippen molar-refractivity contribution in [2.75, 3.05) is 0 Å². The van der Waals surface area contributed by atoms with E-state index in [9.17, 15) is 4.79 Å². The number of rotatable bonds is 4. The van der Waals surface area contributed by atoms with Gasteiger partial charge in [0.2, 0.25) is 5.91 Å². The van der Waals surface area contributed by atoms with Crippen molar-refractivity contribution < 1.29 is 9.21 Å². The van der Waals surface area contributed by atoms with Gasteiger partial charge in [-0.15, -0.1) is 0 Å². The first-order valence-corrected chi connectivity index (χ1v) is 6.68. The molecule has 4 heteroatoms. The third kappa shape index (κ3) is 2.64. The zero-order chi connectivity index (χ0) is 13.9. The van der Waals surface area contributed by atoms with Crippen molar-refractivity contribution in [2.24, 2.45) is 11.0 Å². The number of hydrogen-bond acceptors (Lipinski definition) is 3. The minimum absolute atomic E-state index is 0.0234. The minimum Gasteiger partial charge on any atom is -0.463 e. The Morgan fingerprint density at radius 2 is 2.05 bits per heavy atom. The lowest BCUT2D eigenvalue weighted by atomic mass is 10.1. The second-order valence-corrected chi connectivity index (χ2v) is 5.01.